The first-order valence-electron chi connectivity index (χ1n) is 10.00. The highest BCUT2D eigenvalue weighted by molar-refractivity contribution is 6.31. The Morgan fingerprint density at radius 3 is 2.94 bits per heavy atom. The molecule has 3 heterocycles. The lowest BCUT2D eigenvalue weighted by atomic mass is 10.1. The number of carbonyl (C=O) groups excluding carboxylic acids is 1. The van der Waals surface area contributed by atoms with Crippen molar-refractivity contribution in [2.24, 2.45) is 0 Å². The van der Waals surface area contributed by atoms with Crippen molar-refractivity contribution in [3.05, 3.63) is 70.3 Å². The maximum absolute atomic E-state index is 14.2. The van der Waals surface area contributed by atoms with Crippen LogP contribution in [0.5, 0.6) is 0 Å². The fraction of sp³-hybridized carbons (Fsp3) is 0.227. The molecule has 0 radical (unpaired) electrons. The van der Waals surface area contributed by atoms with Gasteiger partial charge in [-0.05, 0) is 36.6 Å². The molecule has 0 unspecified atom stereocenters. The minimum atomic E-state index is -0.371. The van der Waals surface area contributed by atoms with E-state index in [-0.39, 0.29) is 24.7 Å². The molecule has 1 amide bonds. The number of hydrogen-bond acceptors (Lipinski definition) is 5. The lowest BCUT2D eigenvalue weighted by Crippen LogP contribution is -2.11. The molecular weight excluding hydrogens is 419 g/mol. The highest BCUT2D eigenvalue weighted by atomic mass is 35.5. The summed E-state index contributed by atoms with van der Waals surface area (Å²) in [6, 6.07) is 6.87. The van der Waals surface area contributed by atoms with E-state index in [4.69, 9.17) is 11.6 Å². The standard InChI is InChI=1S/C22H20ClFN6O/c1-12-13(8-21(31)27-12)7-14-10-26-30-20(28-15-5-6-15)9-19(29-22(14)30)25-11-16-17(23)3-2-4-18(16)24/h2-4,7,9-10,15,28H,1,5-6,8,11H2,(H,25,29)(H,27,31)/b13-7+. The molecule has 158 valence electrons. The van der Waals surface area contributed by atoms with Gasteiger partial charge in [0.15, 0.2) is 5.65 Å². The van der Waals surface area contributed by atoms with Crippen molar-refractivity contribution in [2.45, 2.75) is 31.8 Å². The van der Waals surface area contributed by atoms with Crippen LogP contribution in [0.25, 0.3) is 11.7 Å². The van der Waals surface area contributed by atoms with E-state index >= 15 is 0 Å². The van der Waals surface area contributed by atoms with E-state index in [9.17, 15) is 9.18 Å². The Morgan fingerprint density at radius 1 is 1.39 bits per heavy atom. The molecule has 1 saturated heterocycles. The fourth-order valence-electron chi connectivity index (χ4n) is 3.49. The molecule has 0 spiro atoms. The van der Waals surface area contributed by atoms with Crippen molar-refractivity contribution in [2.75, 3.05) is 10.6 Å². The van der Waals surface area contributed by atoms with Crippen LogP contribution in [-0.4, -0.2) is 26.5 Å². The summed E-state index contributed by atoms with van der Waals surface area (Å²) in [5.41, 5.74) is 3.15. The van der Waals surface area contributed by atoms with Crippen molar-refractivity contribution in [1.29, 1.82) is 0 Å². The van der Waals surface area contributed by atoms with E-state index in [1.54, 1.807) is 22.8 Å². The van der Waals surface area contributed by atoms with Gasteiger partial charge in [-0.1, -0.05) is 24.2 Å². The maximum atomic E-state index is 14.2. The second-order valence-electron chi connectivity index (χ2n) is 7.71. The van der Waals surface area contributed by atoms with E-state index in [2.05, 4.69) is 32.6 Å². The van der Waals surface area contributed by atoms with Gasteiger partial charge < -0.3 is 16.0 Å². The van der Waals surface area contributed by atoms with Gasteiger partial charge in [-0.3, -0.25) is 4.79 Å². The molecular formula is C22H20ClFN6O. The molecule has 5 rings (SSSR count). The van der Waals surface area contributed by atoms with E-state index < -0.39 is 0 Å². The molecule has 2 fully saturated rings. The molecule has 1 aliphatic heterocycles. The van der Waals surface area contributed by atoms with Gasteiger partial charge in [-0.25, -0.2) is 9.37 Å². The minimum absolute atomic E-state index is 0.0825. The summed E-state index contributed by atoms with van der Waals surface area (Å²) in [7, 11) is 0. The van der Waals surface area contributed by atoms with Crippen molar-refractivity contribution in [3.8, 4) is 0 Å². The summed E-state index contributed by atoms with van der Waals surface area (Å²) in [4.78, 5) is 16.3. The van der Waals surface area contributed by atoms with Crippen molar-refractivity contribution < 1.29 is 9.18 Å². The van der Waals surface area contributed by atoms with Gasteiger partial charge in [0, 0.05) is 40.5 Å². The second-order valence-corrected chi connectivity index (χ2v) is 8.11. The van der Waals surface area contributed by atoms with Crippen LogP contribution in [-0.2, 0) is 11.3 Å². The topological polar surface area (TPSA) is 83.4 Å². The zero-order valence-corrected chi connectivity index (χ0v) is 17.3. The number of carbonyl (C=O) groups is 1. The second kappa shape index (κ2) is 7.70. The molecule has 31 heavy (non-hydrogen) atoms. The van der Waals surface area contributed by atoms with E-state index in [1.807, 2.05) is 12.1 Å². The largest absolute Gasteiger partial charge is 0.367 e. The number of nitrogens with zero attached hydrogens (tertiary/aromatic N) is 3. The first-order chi connectivity index (χ1) is 15.0. The summed E-state index contributed by atoms with van der Waals surface area (Å²) in [6.07, 6.45) is 6.05. The van der Waals surface area contributed by atoms with Crippen molar-refractivity contribution in [3.63, 3.8) is 0 Å². The van der Waals surface area contributed by atoms with Gasteiger partial charge >= 0.3 is 0 Å². The normalized spacial score (nSPS) is 17.4. The van der Waals surface area contributed by atoms with Crippen LogP contribution >= 0.6 is 11.6 Å². The van der Waals surface area contributed by atoms with E-state index in [0.29, 0.717) is 33.8 Å². The van der Waals surface area contributed by atoms with Crippen LogP contribution in [0.2, 0.25) is 5.02 Å². The summed E-state index contributed by atoms with van der Waals surface area (Å²) in [5, 5.41) is 14.2. The molecule has 7 nitrogen and oxygen atoms in total. The first kappa shape index (κ1) is 19.6. The summed E-state index contributed by atoms with van der Waals surface area (Å²) >= 11 is 6.15. The molecule has 1 saturated carbocycles. The lowest BCUT2D eigenvalue weighted by Gasteiger charge is -2.12. The number of anilines is 2. The van der Waals surface area contributed by atoms with Crippen LogP contribution in [0.1, 0.15) is 30.4 Å². The zero-order valence-electron chi connectivity index (χ0n) is 16.6. The number of rotatable bonds is 6. The Kier molecular flexibility index (Phi) is 4.86. The third-order valence-corrected chi connectivity index (χ3v) is 5.65. The molecule has 3 aromatic rings. The summed E-state index contributed by atoms with van der Waals surface area (Å²) in [5.74, 6) is 0.901. The Bertz CT molecular complexity index is 1230. The van der Waals surface area contributed by atoms with Crippen LogP contribution in [0, 0.1) is 5.82 Å². The predicted molar refractivity (Wildman–Crippen MR) is 118 cm³/mol. The maximum Gasteiger partial charge on any atom is 0.228 e. The predicted octanol–water partition coefficient (Wildman–Crippen LogP) is 4.13. The molecule has 3 N–H and O–H groups in total. The number of fused-ring (bicyclic) bond motifs is 1. The number of nitrogens with one attached hydrogen (secondary N) is 3. The van der Waals surface area contributed by atoms with Crippen LogP contribution in [0.4, 0.5) is 16.0 Å². The van der Waals surface area contributed by atoms with Gasteiger partial charge in [-0.15, -0.1) is 0 Å². The Labute approximate surface area is 183 Å². The summed E-state index contributed by atoms with van der Waals surface area (Å²) < 4.78 is 15.9. The van der Waals surface area contributed by atoms with Crippen LogP contribution < -0.4 is 16.0 Å². The van der Waals surface area contributed by atoms with Gasteiger partial charge in [0.25, 0.3) is 0 Å². The molecule has 1 aliphatic carbocycles. The third kappa shape index (κ3) is 3.98. The Balaban J connectivity index is 1.51. The van der Waals surface area contributed by atoms with Crippen molar-refractivity contribution in [1.82, 2.24) is 19.9 Å². The smallest absolute Gasteiger partial charge is 0.228 e. The molecule has 2 aliphatic rings. The number of amides is 1. The highest BCUT2D eigenvalue weighted by Gasteiger charge is 2.24. The third-order valence-electron chi connectivity index (χ3n) is 5.30. The van der Waals surface area contributed by atoms with Crippen LogP contribution in [0.15, 0.2) is 48.3 Å². The number of aromatic nitrogens is 3. The SMILES string of the molecule is C=C1NC(=O)C/C1=C\c1cnn2c(NC3CC3)cc(NCc3c(F)cccc3Cl)nc12. The molecule has 0 atom stereocenters. The fourth-order valence-corrected chi connectivity index (χ4v) is 3.72. The molecule has 2 aromatic heterocycles. The molecule has 9 heteroatoms. The van der Waals surface area contributed by atoms with Crippen LogP contribution in [0.3, 0.4) is 0 Å². The van der Waals surface area contributed by atoms with Gasteiger partial charge in [-0.2, -0.15) is 9.61 Å². The van der Waals surface area contributed by atoms with Gasteiger partial charge in [0.2, 0.25) is 5.91 Å². The highest BCUT2D eigenvalue weighted by Crippen LogP contribution is 2.29. The lowest BCUT2D eigenvalue weighted by molar-refractivity contribution is -0.118. The monoisotopic (exact) mass is 438 g/mol. The minimum Gasteiger partial charge on any atom is -0.367 e. The molecule has 1 aromatic carbocycles. The van der Waals surface area contributed by atoms with E-state index in [0.717, 1.165) is 29.8 Å². The zero-order chi connectivity index (χ0) is 21.5. The average molecular weight is 439 g/mol. The number of allylic oxidation sites excluding steroid dienone is 1. The quantitative estimate of drug-likeness (QED) is 0.539. The van der Waals surface area contributed by atoms with Crippen molar-refractivity contribution >= 4 is 40.9 Å². The first-order valence-corrected chi connectivity index (χ1v) is 10.4. The Morgan fingerprint density at radius 2 is 2.23 bits per heavy atom. The number of hydrogen-bond donors (Lipinski definition) is 3. The molecule has 0 bridgehead atoms. The van der Waals surface area contributed by atoms with Gasteiger partial charge in [0.1, 0.15) is 17.5 Å². The number of halogens is 2. The summed E-state index contributed by atoms with van der Waals surface area (Å²) in [6.45, 7) is 4.08. The Hall–Kier alpha value is -3.39. The van der Waals surface area contributed by atoms with Gasteiger partial charge in [0.05, 0.1) is 12.6 Å². The number of benzene rings is 1. The average Bonchev–Trinajstić information content (AvgIpc) is 3.36. The van der Waals surface area contributed by atoms with E-state index in [1.165, 1.54) is 6.07 Å².